The van der Waals surface area contributed by atoms with Gasteiger partial charge < -0.3 is 0 Å². The van der Waals surface area contributed by atoms with Crippen molar-refractivity contribution < 1.29 is 0 Å². The lowest BCUT2D eigenvalue weighted by atomic mass is 9.85. The van der Waals surface area contributed by atoms with E-state index in [9.17, 15) is 0 Å². The van der Waals surface area contributed by atoms with Gasteiger partial charge in [0, 0.05) is 6.54 Å². The van der Waals surface area contributed by atoms with Crippen molar-refractivity contribution in [2.24, 2.45) is 11.3 Å². The van der Waals surface area contributed by atoms with Gasteiger partial charge in [-0.2, -0.15) is 0 Å². The molecule has 0 spiro atoms. The second-order valence-electron chi connectivity index (χ2n) is 4.85. The molecule has 1 aromatic heterocycles. The van der Waals surface area contributed by atoms with Gasteiger partial charge in [0.1, 0.15) is 0 Å². The van der Waals surface area contributed by atoms with Gasteiger partial charge in [0.05, 0.1) is 17.9 Å². The number of aryl methyl sites for hydroxylation is 1. The largest absolute Gasteiger partial charge is 0.271 e. The van der Waals surface area contributed by atoms with Crippen LogP contribution >= 0.6 is 0 Å². The van der Waals surface area contributed by atoms with E-state index in [0.29, 0.717) is 0 Å². The van der Waals surface area contributed by atoms with Crippen LogP contribution in [0.1, 0.15) is 45.9 Å². The molecule has 0 bridgehead atoms. The minimum Gasteiger partial charge on any atom is -0.271 e. The predicted molar refractivity (Wildman–Crippen MR) is 59.8 cm³/mol. The molecule has 0 aliphatic heterocycles. The Morgan fingerprint density at radius 1 is 1.53 bits per heavy atom. The van der Waals surface area contributed by atoms with Crippen molar-refractivity contribution in [3.05, 3.63) is 11.9 Å². The van der Waals surface area contributed by atoms with Gasteiger partial charge in [0.25, 0.3) is 0 Å². The molecular formula is C10H21N5. The highest BCUT2D eigenvalue weighted by atomic mass is 15.4. The normalized spacial score (nSPS) is 14.2. The summed E-state index contributed by atoms with van der Waals surface area (Å²) in [7, 11) is 0. The zero-order chi connectivity index (χ0) is 11.5. The number of aromatic nitrogens is 3. The third-order valence-corrected chi connectivity index (χ3v) is 2.41. The number of nitrogens with zero attached hydrogens (tertiary/aromatic N) is 3. The van der Waals surface area contributed by atoms with E-state index in [4.69, 9.17) is 5.84 Å². The molecule has 0 aliphatic rings. The molecule has 0 radical (unpaired) electrons. The van der Waals surface area contributed by atoms with Crippen molar-refractivity contribution in [2.45, 2.75) is 46.7 Å². The fourth-order valence-electron chi connectivity index (χ4n) is 1.65. The molecule has 15 heavy (non-hydrogen) atoms. The highest BCUT2D eigenvalue weighted by molar-refractivity contribution is 5.05. The van der Waals surface area contributed by atoms with Crippen LogP contribution in [-0.4, -0.2) is 15.0 Å². The fraction of sp³-hybridized carbons (Fsp3) is 0.800. The van der Waals surface area contributed by atoms with Crippen molar-refractivity contribution in [3.63, 3.8) is 0 Å². The number of rotatable bonds is 4. The molecule has 1 atom stereocenters. The van der Waals surface area contributed by atoms with Gasteiger partial charge in [-0.15, -0.1) is 5.10 Å². The lowest BCUT2D eigenvalue weighted by molar-refractivity contribution is 0.260. The van der Waals surface area contributed by atoms with E-state index in [1.807, 2.05) is 4.68 Å². The van der Waals surface area contributed by atoms with E-state index in [-0.39, 0.29) is 11.5 Å². The predicted octanol–water partition coefficient (Wildman–Crippen LogP) is 1.24. The number of nitrogens with one attached hydrogen (secondary N) is 1. The average molecular weight is 211 g/mol. The zero-order valence-electron chi connectivity index (χ0n) is 9.99. The van der Waals surface area contributed by atoms with Crippen molar-refractivity contribution in [1.29, 1.82) is 0 Å². The molecule has 0 aromatic carbocycles. The molecule has 1 unspecified atom stereocenters. The summed E-state index contributed by atoms with van der Waals surface area (Å²) in [6.45, 7) is 9.42. The summed E-state index contributed by atoms with van der Waals surface area (Å²) in [5.74, 6) is 5.60. The van der Waals surface area contributed by atoms with Crippen molar-refractivity contribution in [2.75, 3.05) is 0 Å². The van der Waals surface area contributed by atoms with Gasteiger partial charge in [0.15, 0.2) is 0 Å². The Morgan fingerprint density at radius 3 is 2.67 bits per heavy atom. The first kappa shape index (κ1) is 12.1. The molecule has 0 fully saturated rings. The molecule has 1 aromatic rings. The molecule has 0 saturated heterocycles. The smallest absolute Gasteiger partial charge is 0.0775 e. The summed E-state index contributed by atoms with van der Waals surface area (Å²) in [5.41, 5.74) is 3.93. The van der Waals surface area contributed by atoms with Crippen LogP contribution in [0.15, 0.2) is 6.20 Å². The summed E-state index contributed by atoms with van der Waals surface area (Å²) in [6.07, 6.45) is 2.82. The quantitative estimate of drug-likeness (QED) is 0.580. The fourth-order valence-corrected chi connectivity index (χ4v) is 1.65. The molecule has 1 rings (SSSR count). The molecule has 5 heteroatoms. The van der Waals surface area contributed by atoms with Gasteiger partial charge >= 0.3 is 0 Å². The van der Waals surface area contributed by atoms with E-state index < -0.39 is 0 Å². The molecule has 0 amide bonds. The van der Waals surface area contributed by atoms with E-state index >= 15 is 0 Å². The maximum Gasteiger partial charge on any atom is 0.0775 e. The first-order chi connectivity index (χ1) is 7.00. The van der Waals surface area contributed by atoms with Crippen LogP contribution < -0.4 is 11.3 Å². The third-order valence-electron chi connectivity index (χ3n) is 2.41. The second-order valence-corrected chi connectivity index (χ2v) is 4.85. The van der Waals surface area contributed by atoms with Crippen molar-refractivity contribution in [1.82, 2.24) is 20.4 Å². The Morgan fingerprint density at radius 2 is 2.20 bits per heavy atom. The van der Waals surface area contributed by atoms with Crippen LogP contribution in [0.2, 0.25) is 0 Å². The van der Waals surface area contributed by atoms with Crippen LogP contribution in [0.4, 0.5) is 0 Å². The average Bonchev–Trinajstić information content (AvgIpc) is 2.53. The Bertz CT molecular complexity index is 299. The Hall–Kier alpha value is -0.940. The molecule has 0 saturated carbocycles. The second kappa shape index (κ2) is 4.72. The minimum absolute atomic E-state index is 0.0436. The Labute approximate surface area is 91.0 Å². The summed E-state index contributed by atoms with van der Waals surface area (Å²) in [5, 5.41) is 8.00. The standard InChI is InChI=1S/C10H21N5/c1-5-6-15-8(7-12-14-15)9(13-11)10(2,3)4/h7,9,13H,5-6,11H2,1-4H3. The Balaban J connectivity index is 2.96. The maximum atomic E-state index is 5.60. The van der Waals surface area contributed by atoms with E-state index in [2.05, 4.69) is 43.4 Å². The molecular weight excluding hydrogens is 190 g/mol. The van der Waals surface area contributed by atoms with Crippen LogP contribution in [0, 0.1) is 5.41 Å². The lowest BCUT2D eigenvalue weighted by Crippen LogP contribution is -2.38. The first-order valence-electron chi connectivity index (χ1n) is 5.35. The first-order valence-corrected chi connectivity index (χ1v) is 5.35. The molecule has 3 N–H and O–H groups in total. The lowest BCUT2D eigenvalue weighted by Gasteiger charge is -2.29. The number of hydrazine groups is 1. The van der Waals surface area contributed by atoms with Crippen LogP contribution in [0.25, 0.3) is 0 Å². The SMILES string of the molecule is CCCn1nncc1C(NN)C(C)(C)C. The number of hydrogen-bond donors (Lipinski definition) is 2. The molecule has 86 valence electrons. The number of nitrogens with two attached hydrogens (primary N) is 1. The maximum absolute atomic E-state index is 5.60. The van der Waals surface area contributed by atoms with Gasteiger partial charge in [0.2, 0.25) is 0 Å². The van der Waals surface area contributed by atoms with E-state index in [1.54, 1.807) is 6.20 Å². The molecule has 5 nitrogen and oxygen atoms in total. The highest BCUT2D eigenvalue weighted by Crippen LogP contribution is 2.31. The summed E-state index contributed by atoms with van der Waals surface area (Å²) in [4.78, 5) is 0. The van der Waals surface area contributed by atoms with E-state index in [0.717, 1.165) is 18.7 Å². The summed E-state index contributed by atoms with van der Waals surface area (Å²) < 4.78 is 1.91. The number of hydrogen-bond acceptors (Lipinski definition) is 4. The third kappa shape index (κ3) is 2.76. The molecule has 1 heterocycles. The van der Waals surface area contributed by atoms with Gasteiger partial charge in [-0.05, 0) is 11.8 Å². The molecule has 0 aliphatic carbocycles. The van der Waals surface area contributed by atoms with Gasteiger partial charge in [-0.1, -0.05) is 32.9 Å². The van der Waals surface area contributed by atoms with E-state index in [1.165, 1.54) is 0 Å². The van der Waals surface area contributed by atoms with Crippen molar-refractivity contribution in [3.8, 4) is 0 Å². The zero-order valence-corrected chi connectivity index (χ0v) is 9.99. The monoisotopic (exact) mass is 211 g/mol. The van der Waals surface area contributed by atoms with Gasteiger partial charge in [-0.3, -0.25) is 11.3 Å². The van der Waals surface area contributed by atoms with Gasteiger partial charge in [-0.25, -0.2) is 4.68 Å². The Kier molecular flexibility index (Phi) is 3.82. The topological polar surface area (TPSA) is 68.8 Å². The van der Waals surface area contributed by atoms with Crippen LogP contribution in [-0.2, 0) is 6.54 Å². The van der Waals surface area contributed by atoms with Crippen LogP contribution in [0.5, 0.6) is 0 Å². The summed E-state index contributed by atoms with van der Waals surface area (Å²) in [6, 6.07) is 0.0686. The van der Waals surface area contributed by atoms with Crippen molar-refractivity contribution >= 4 is 0 Å². The highest BCUT2D eigenvalue weighted by Gasteiger charge is 2.28. The minimum atomic E-state index is 0.0436. The van der Waals surface area contributed by atoms with Crippen LogP contribution in [0.3, 0.4) is 0 Å². The summed E-state index contributed by atoms with van der Waals surface area (Å²) >= 11 is 0.